The maximum absolute atomic E-state index is 11.8. The molecule has 0 unspecified atom stereocenters. The number of aromatic nitrogens is 1. The molecule has 0 bridgehead atoms. The number of carbonyl (C=O) groups is 3. The molecule has 1 saturated heterocycles. The number of fused-ring (bicyclic) bond motifs is 1. The van der Waals surface area contributed by atoms with E-state index in [4.69, 9.17) is 18.9 Å². The standard InChI is InChI=1S/C19H20N2O9/c1-10(22)28-16-9-27-19(18(30-12(3)24)17(16)29-11(2)23)20-7-6-13-8-14(21(25)26)4-5-15(13)20/h4-8,16-19H,9H2,1-3H3/t16-,17+,18-,19+/m1/s1. The van der Waals surface area contributed by atoms with Gasteiger partial charge >= 0.3 is 17.9 Å². The normalized spacial score (nSPS) is 23.6. The molecule has 1 fully saturated rings. The second-order valence-corrected chi connectivity index (χ2v) is 6.74. The summed E-state index contributed by atoms with van der Waals surface area (Å²) < 4.78 is 23.4. The second-order valence-electron chi connectivity index (χ2n) is 6.74. The van der Waals surface area contributed by atoms with E-state index >= 15 is 0 Å². The minimum atomic E-state index is -1.13. The fourth-order valence-electron chi connectivity index (χ4n) is 3.45. The molecule has 3 rings (SSSR count). The highest BCUT2D eigenvalue weighted by molar-refractivity contribution is 5.82. The molecule has 1 aliphatic rings. The molecule has 0 spiro atoms. The molecule has 11 nitrogen and oxygen atoms in total. The Morgan fingerprint density at radius 1 is 1.03 bits per heavy atom. The first kappa shape index (κ1) is 21.2. The molecular weight excluding hydrogens is 400 g/mol. The third-order valence-corrected chi connectivity index (χ3v) is 4.51. The molecule has 1 aliphatic heterocycles. The highest BCUT2D eigenvalue weighted by Crippen LogP contribution is 2.34. The zero-order valence-electron chi connectivity index (χ0n) is 16.5. The van der Waals surface area contributed by atoms with E-state index in [1.165, 1.54) is 32.9 Å². The molecule has 4 atom stereocenters. The van der Waals surface area contributed by atoms with E-state index in [9.17, 15) is 24.5 Å². The first-order chi connectivity index (χ1) is 14.2. The fourth-order valence-corrected chi connectivity index (χ4v) is 3.45. The number of benzene rings is 1. The molecule has 1 aromatic heterocycles. The number of rotatable bonds is 5. The molecule has 160 valence electrons. The Morgan fingerprint density at radius 3 is 2.27 bits per heavy atom. The number of carbonyl (C=O) groups excluding carboxylic acids is 3. The van der Waals surface area contributed by atoms with Crippen LogP contribution in [0.5, 0.6) is 0 Å². The van der Waals surface area contributed by atoms with Crippen LogP contribution in [0.3, 0.4) is 0 Å². The number of nitrogens with zero attached hydrogens (tertiary/aromatic N) is 2. The van der Waals surface area contributed by atoms with Crippen molar-refractivity contribution < 1.29 is 38.3 Å². The molecule has 11 heteroatoms. The predicted molar refractivity (Wildman–Crippen MR) is 100 cm³/mol. The van der Waals surface area contributed by atoms with E-state index in [1.54, 1.807) is 22.9 Å². The Hall–Kier alpha value is -3.47. The lowest BCUT2D eigenvalue weighted by Gasteiger charge is -2.41. The summed E-state index contributed by atoms with van der Waals surface area (Å²) in [6.07, 6.45) is -2.52. The maximum Gasteiger partial charge on any atom is 0.303 e. The van der Waals surface area contributed by atoms with Gasteiger partial charge in [-0.25, -0.2) is 0 Å². The lowest BCUT2D eigenvalue weighted by molar-refractivity contribution is -0.384. The largest absolute Gasteiger partial charge is 0.456 e. The fraction of sp³-hybridized carbons (Fsp3) is 0.421. The van der Waals surface area contributed by atoms with Gasteiger partial charge in [0.15, 0.2) is 24.5 Å². The van der Waals surface area contributed by atoms with Crippen LogP contribution in [0.2, 0.25) is 0 Å². The van der Waals surface area contributed by atoms with Gasteiger partial charge in [0.2, 0.25) is 0 Å². The van der Waals surface area contributed by atoms with Gasteiger partial charge in [-0.2, -0.15) is 0 Å². The summed E-state index contributed by atoms with van der Waals surface area (Å²) >= 11 is 0. The second kappa shape index (κ2) is 8.49. The van der Waals surface area contributed by atoms with Gasteiger partial charge < -0.3 is 23.5 Å². The first-order valence-electron chi connectivity index (χ1n) is 9.05. The van der Waals surface area contributed by atoms with Crippen LogP contribution in [0.25, 0.3) is 10.9 Å². The number of non-ortho nitro benzene ring substituents is 1. The quantitative estimate of drug-likeness (QED) is 0.307. The van der Waals surface area contributed by atoms with Gasteiger partial charge in [-0.1, -0.05) is 0 Å². The Balaban J connectivity index is 2.03. The molecular formula is C19H20N2O9. The highest BCUT2D eigenvalue weighted by atomic mass is 16.6. The maximum atomic E-state index is 11.8. The summed E-state index contributed by atoms with van der Waals surface area (Å²) in [6.45, 7) is 3.45. The third-order valence-electron chi connectivity index (χ3n) is 4.51. The van der Waals surface area contributed by atoms with Gasteiger partial charge in [0.25, 0.3) is 5.69 Å². The highest BCUT2D eigenvalue weighted by Gasteiger charge is 2.47. The summed E-state index contributed by atoms with van der Waals surface area (Å²) in [4.78, 5) is 45.4. The Bertz CT molecular complexity index is 999. The summed E-state index contributed by atoms with van der Waals surface area (Å²) in [5.74, 6) is -1.91. The number of nitro benzene ring substituents is 1. The van der Waals surface area contributed by atoms with Gasteiger partial charge in [0.05, 0.1) is 17.0 Å². The predicted octanol–water partition coefficient (Wildman–Crippen LogP) is 1.87. The zero-order valence-corrected chi connectivity index (χ0v) is 16.5. The van der Waals surface area contributed by atoms with E-state index in [2.05, 4.69) is 0 Å². The van der Waals surface area contributed by atoms with Crippen LogP contribution in [-0.2, 0) is 33.3 Å². The van der Waals surface area contributed by atoms with Crippen molar-refractivity contribution in [3.63, 3.8) is 0 Å². The third kappa shape index (κ3) is 4.40. The first-order valence-corrected chi connectivity index (χ1v) is 9.05. The summed E-state index contributed by atoms with van der Waals surface area (Å²) in [7, 11) is 0. The summed E-state index contributed by atoms with van der Waals surface area (Å²) in [5.41, 5.74) is 0.504. The zero-order chi connectivity index (χ0) is 22.0. The van der Waals surface area contributed by atoms with Crippen LogP contribution in [0.4, 0.5) is 5.69 Å². The smallest absolute Gasteiger partial charge is 0.303 e. The average Bonchev–Trinajstić information content (AvgIpc) is 3.06. The summed E-state index contributed by atoms with van der Waals surface area (Å²) in [5, 5.41) is 11.6. The van der Waals surface area contributed by atoms with Crippen molar-refractivity contribution in [1.82, 2.24) is 4.57 Å². The number of nitro groups is 1. The molecule has 0 radical (unpaired) electrons. The number of hydrogen-bond donors (Lipinski definition) is 0. The SMILES string of the molecule is CC(=O)O[C@@H]1[C@@H](OC(C)=O)[C@@H](n2ccc3cc([N+](=O)[O-])ccc32)OC[C@H]1OC(C)=O. The number of esters is 3. The van der Waals surface area contributed by atoms with Gasteiger partial charge in [-0.05, 0) is 12.1 Å². The number of ether oxygens (including phenoxy) is 4. The van der Waals surface area contributed by atoms with E-state index in [0.29, 0.717) is 10.9 Å². The van der Waals surface area contributed by atoms with Crippen LogP contribution in [-0.4, -0.2) is 52.3 Å². The van der Waals surface area contributed by atoms with E-state index < -0.39 is 47.4 Å². The molecule has 1 aromatic carbocycles. The molecule has 2 aromatic rings. The van der Waals surface area contributed by atoms with Gasteiger partial charge in [-0.3, -0.25) is 24.5 Å². The van der Waals surface area contributed by atoms with Crippen molar-refractivity contribution >= 4 is 34.5 Å². The van der Waals surface area contributed by atoms with Crippen LogP contribution in [0.15, 0.2) is 30.5 Å². The van der Waals surface area contributed by atoms with E-state index in [1.807, 2.05) is 0 Å². The molecule has 0 aliphatic carbocycles. The van der Waals surface area contributed by atoms with Gasteiger partial charge in [0, 0.05) is 44.5 Å². The van der Waals surface area contributed by atoms with Gasteiger partial charge in [0.1, 0.15) is 0 Å². The van der Waals surface area contributed by atoms with Crippen LogP contribution in [0.1, 0.15) is 27.0 Å². The molecule has 0 amide bonds. The topological polar surface area (TPSA) is 136 Å². The van der Waals surface area contributed by atoms with Crippen molar-refractivity contribution in [2.45, 2.75) is 45.3 Å². The van der Waals surface area contributed by atoms with Crippen molar-refractivity contribution in [3.05, 3.63) is 40.6 Å². The molecule has 0 saturated carbocycles. The van der Waals surface area contributed by atoms with Crippen molar-refractivity contribution in [2.75, 3.05) is 6.61 Å². The minimum Gasteiger partial charge on any atom is -0.456 e. The van der Waals surface area contributed by atoms with E-state index in [-0.39, 0.29) is 12.3 Å². The molecule has 0 N–H and O–H groups in total. The van der Waals surface area contributed by atoms with Gasteiger partial charge in [-0.15, -0.1) is 0 Å². The lowest BCUT2D eigenvalue weighted by Crippen LogP contribution is -2.55. The number of hydrogen-bond acceptors (Lipinski definition) is 9. The minimum absolute atomic E-state index is 0.0749. The monoisotopic (exact) mass is 420 g/mol. The van der Waals surface area contributed by atoms with Crippen LogP contribution < -0.4 is 0 Å². The van der Waals surface area contributed by atoms with Crippen molar-refractivity contribution in [1.29, 1.82) is 0 Å². The average molecular weight is 420 g/mol. The summed E-state index contributed by atoms with van der Waals surface area (Å²) in [6, 6.07) is 5.94. The van der Waals surface area contributed by atoms with Crippen LogP contribution in [0, 0.1) is 10.1 Å². The van der Waals surface area contributed by atoms with Crippen molar-refractivity contribution in [3.8, 4) is 0 Å². The Kier molecular flexibility index (Phi) is 6.01. The lowest BCUT2D eigenvalue weighted by atomic mass is 10.0. The van der Waals surface area contributed by atoms with Crippen LogP contribution >= 0.6 is 0 Å². The van der Waals surface area contributed by atoms with Crippen molar-refractivity contribution in [2.24, 2.45) is 0 Å². The molecule has 2 heterocycles. The Morgan fingerprint density at radius 2 is 1.67 bits per heavy atom. The van der Waals surface area contributed by atoms with E-state index in [0.717, 1.165) is 0 Å². The Labute approximate surface area is 170 Å². The molecule has 30 heavy (non-hydrogen) atoms.